The number of primary amides is 1. The average molecular weight is 368 g/mol. The van der Waals surface area contributed by atoms with E-state index in [4.69, 9.17) is 5.73 Å². The zero-order valence-electron chi connectivity index (χ0n) is 12.7. The molecule has 0 saturated heterocycles. The Morgan fingerprint density at radius 2 is 2.12 bits per heavy atom. The fourth-order valence-electron chi connectivity index (χ4n) is 2.33. The van der Waals surface area contributed by atoms with E-state index in [9.17, 15) is 13.6 Å². The third-order valence-electron chi connectivity index (χ3n) is 3.40. The van der Waals surface area contributed by atoms with Gasteiger partial charge < -0.3 is 5.73 Å². The summed E-state index contributed by atoms with van der Waals surface area (Å²) < 4.78 is 28.4. The van der Waals surface area contributed by atoms with E-state index in [1.54, 1.807) is 31.2 Å². The zero-order valence-corrected chi connectivity index (χ0v) is 14.3. The maximum absolute atomic E-state index is 13.4. The standard InChI is InChI=1S/C15H14F2N4OS2/c1-8-11(6-12(18)22)24-15(19-8)23-7-13-20-9-4-2-3-5-10(9)21(13)14(16)17/h2-5,14H,6-7H2,1H3,(H2,18,22). The third-order valence-corrected chi connectivity index (χ3v) is 5.69. The van der Waals surface area contributed by atoms with Gasteiger partial charge in [-0.2, -0.15) is 8.78 Å². The molecule has 5 nitrogen and oxygen atoms in total. The van der Waals surface area contributed by atoms with E-state index in [1.165, 1.54) is 23.1 Å². The molecule has 1 amide bonds. The maximum atomic E-state index is 13.4. The first kappa shape index (κ1) is 16.8. The van der Waals surface area contributed by atoms with Crippen LogP contribution in [0.15, 0.2) is 28.6 Å². The van der Waals surface area contributed by atoms with Crippen molar-refractivity contribution in [2.75, 3.05) is 0 Å². The summed E-state index contributed by atoms with van der Waals surface area (Å²) in [6.45, 7) is -0.857. The van der Waals surface area contributed by atoms with E-state index in [-0.39, 0.29) is 12.2 Å². The van der Waals surface area contributed by atoms with Crippen LogP contribution in [0.1, 0.15) is 22.9 Å². The van der Waals surface area contributed by atoms with Crippen LogP contribution in [0.3, 0.4) is 0 Å². The molecule has 0 aliphatic heterocycles. The van der Waals surface area contributed by atoms with Gasteiger partial charge in [0.05, 0.1) is 28.9 Å². The fourth-order valence-corrected chi connectivity index (χ4v) is 4.50. The Labute approximate surface area is 144 Å². The van der Waals surface area contributed by atoms with Gasteiger partial charge in [-0.25, -0.2) is 9.97 Å². The van der Waals surface area contributed by atoms with E-state index in [2.05, 4.69) is 9.97 Å². The molecule has 9 heteroatoms. The Morgan fingerprint density at radius 1 is 1.38 bits per heavy atom. The second-order valence-corrected chi connectivity index (χ2v) is 7.39. The number of alkyl halides is 2. The van der Waals surface area contributed by atoms with Crippen molar-refractivity contribution in [1.29, 1.82) is 0 Å². The number of fused-ring (bicyclic) bond motifs is 1. The Balaban J connectivity index is 1.83. The minimum absolute atomic E-state index is 0.138. The van der Waals surface area contributed by atoms with Gasteiger partial charge in [0.25, 0.3) is 0 Å². The molecule has 3 aromatic rings. The van der Waals surface area contributed by atoms with Crippen LogP contribution in [-0.2, 0) is 17.0 Å². The molecule has 1 aromatic carbocycles. The molecule has 0 aliphatic carbocycles. The number of benzene rings is 1. The highest BCUT2D eigenvalue weighted by Crippen LogP contribution is 2.32. The number of carbonyl (C=O) groups is 1. The molecule has 2 aromatic heterocycles. The van der Waals surface area contributed by atoms with Crippen LogP contribution in [0.2, 0.25) is 0 Å². The molecular weight excluding hydrogens is 354 g/mol. The van der Waals surface area contributed by atoms with Crippen molar-refractivity contribution in [3.05, 3.63) is 40.7 Å². The van der Waals surface area contributed by atoms with Crippen molar-refractivity contribution >= 4 is 40.0 Å². The summed E-state index contributed by atoms with van der Waals surface area (Å²) in [5.74, 6) is 0.139. The summed E-state index contributed by atoms with van der Waals surface area (Å²) in [5.41, 5.74) is 6.89. The number of hydrogen-bond donors (Lipinski definition) is 1. The largest absolute Gasteiger partial charge is 0.369 e. The first-order chi connectivity index (χ1) is 11.5. The normalized spacial score (nSPS) is 11.5. The number of carbonyl (C=O) groups excluding carboxylic acids is 1. The predicted octanol–water partition coefficient (Wildman–Crippen LogP) is 3.52. The summed E-state index contributed by atoms with van der Waals surface area (Å²) in [7, 11) is 0. The molecule has 0 bridgehead atoms. The van der Waals surface area contributed by atoms with Crippen molar-refractivity contribution in [2.24, 2.45) is 5.73 Å². The smallest absolute Gasteiger partial charge is 0.320 e. The number of nitrogens with zero attached hydrogens (tertiary/aromatic N) is 3. The minimum Gasteiger partial charge on any atom is -0.369 e. The summed E-state index contributed by atoms with van der Waals surface area (Å²) in [5, 5.41) is 0. The molecular formula is C15H14F2N4OS2. The Morgan fingerprint density at radius 3 is 2.83 bits per heavy atom. The van der Waals surface area contributed by atoms with Crippen LogP contribution in [-0.4, -0.2) is 20.4 Å². The van der Waals surface area contributed by atoms with E-state index in [1.807, 2.05) is 0 Å². The van der Waals surface area contributed by atoms with E-state index in [0.29, 0.717) is 21.2 Å². The van der Waals surface area contributed by atoms with Crippen LogP contribution in [0.4, 0.5) is 8.78 Å². The average Bonchev–Trinajstić information content (AvgIpc) is 3.05. The topological polar surface area (TPSA) is 73.8 Å². The number of thiazole rings is 1. The number of halogens is 2. The Hall–Kier alpha value is -2.00. The van der Waals surface area contributed by atoms with Crippen molar-refractivity contribution in [3.63, 3.8) is 0 Å². The third kappa shape index (κ3) is 3.41. The number of nitrogens with two attached hydrogens (primary N) is 1. The number of amides is 1. The lowest BCUT2D eigenvalue weighted by molar-refractivity contribution is -0.117. The lowest BCUT2D eigenvalue weighted by Crippen LogP contribution is -2.13. The molecule has 126 valence electrons. The molecule has 0 aliphatic rings. The molecule has 0 atom stereocenters. The summed E-state index contributed by atoms with van der Waals surface area (Å²) in [4.78, 5) is 20.5. The molecule has 0 radical (unpaired) electrons. The van der Waals surface area contributed by atoms with Crippen molar-refractivity contribution in [3.8, 4) is 0 Å². The van der Waals surface area contributed by atoms with Gasteiger partial charge in [0, 0.05) is 4.88 Å². The molecule has 0 saturated carbocycles. The number of para-hydroxylation sites is 2. The number of imidazole rings is 1. The predicted molar refractivity (Wildman–Crippen MR) is 90.3 cm³/mol. The summed E-state index contributed by atoms with van der Waals surface area (Å²) in [6, 6.07) is 6.81. The summed E-state index contributed by atoms with van der Waals surface area (Å²) >= 11 is 2.68. The molecule has 2 N–H and O–H groups in total. The second-order valence-electron chi connectivity index (χ2n) is 5.08. The lowest BCUT2D eigenvalue weighted by atomic mass is 10.3. The van der Waals surface area contributed by atoms with Crippen LogP contribution >= 0.6 is 23.1 Å². The van der Waals surface area contributed by atoms with Gasteiger partial charge in [0.1, 0.15) is 5.82 Å². The van der Waals surface area contributed by atoms with Crippen molar-refractivity contribution in [1.82, 2.24) is 14.5 Å². The van der Waals surface area contributed by atoms with Gasteiger partial charge >= 0.3 is 6.55 Å². The fraction of sp³-hybridized carbons (Fsp3) is 0.267. The summed E-state index contributed by atoms with van der Waals surface area (Å²) in [6.07, 6.45) is 0.138. The SMILES string of the molecule is Cc1nc(SCc2nc3ccccc3n2C(F)F)sc1CC(N)=O. The highest BCUT2D eigenvalue weighted by Gasteiger charge is 2.18. The van der Waals surface area contributed by atoms with E-state index in [0.717, 1.165) is 15.1 Å². The first-order valence-corrected chi connectivity index (χ1v) is 8.87. The van der Waals surface area contributed by atoms with Gasteiger partial charge in [0.15, 0.2) is 4.34 Å². The van der Waals surface area contributed by atoms with Gasteiger partial charge in [-0.15, -0.1) is 11.3 Å². The molecule has 0 fully saturated rings. The van der Waals surface area contributed by atoms with Crippen molar-refractivity contribution < 1.29 is 13.6 Å². The molecule has 0 unspecified atom stereocenters. The monoisotopic (exact) mass is 368 g/mol. The minimum atomic E-state index is -2.66. The Bertz CT molecular complexity index is 891. The first-order valence-electron chi connectivity index (χ1n) is 7.07. The highest BCUT2D eigenvalue weighted by atomic mass is 32.2. The number of hydrogen-bond acceptors (Lipinski definition) is 5. The zero-order chi connectivity index (χ0) is 17.3. The molecule has 0 spiro atoms. The van der Waals surface area contributed by atoms with Crippen LogP contribution in [0, 0.1) is 6.92 Å². The van der Waals surface area contributed by atoms with Gasteiger partial charge in [0.2, 0.25) is 5.91 Å². The molecule has 24 heavy (non-hydrogen) atoms. The highest BCUT2D eigenvalue weighted by molar-refractivity contribution is 8.00. The molecule has 3 rings (SSSR count). The molecule has 2 heterocycles. The number of aryl methyl sites for hydroxylation is 1. The van der Waals surface area contributed by atoms with Gasteiger partial charge in [-0.1, -0.05) is 23.9 Å². The number of rotatable bonds is 6. The second kappa shape index (κ2) is 6.86. The van der Waals surface area contributed by atoms with Crippen LogP contribution < -0.4 is 5.73 Å². The lowest BCUT2D eigenvalue weighted by Gasteiger charge is -2.06. The van der Waals surface area contributed by atoms with Gasteiger partial charge in [-0.3, -0.25) is 9.36 Å². The number of thioether (sulfide) groups is 1. The van der Waals surface area contributed by atoms with E-state index < -0.39 is 12.5 Å². The van der Waals surface area contributed by atoms with Crippen molar-refractivity contribution in [2.45, 2.75) is 30.0 Å². The van der Waals surface area contributed by atoms with Gasteiger partial charge in [-0.05, 0) is 19.1 Å². The van der Waals surface area contributed by atoms with Crippen LogP contribution in [0.5, 0.6) is 0 Å². The Kier molecular flexibility index (Phi) is 4.81. The quantitative estimate of drug-likeness (QED) is 0.676. The van der Waals surface area contributed by atoms with E-state index >= 15 is 0 Å². The maximum Gasteiger partial charge on any atom is 0.320 e. The van der Waals surface area contributed by atoms with Crippen LogP contribution in [0.25, 0.3) is 11.0 Å². The number of aromatic nitrogens is 3.